The molecular formula is C16H18Cl2N4. The molecule has 0 amide bonds. The van der Waals surface area contributed by atoms with Gasteiger partial charge in [0.05, 0.1) is 27.6 Å². The van der Waals surface area contributed by atoms with Gasteiger partial charge in [0.15, 0.2) is 0 Å². The zero-order valence-electron chi connectivity index (χ0n) is 12.3. The van der Waals surface area contributed by atoms with E-state index >= 15 is 0 Å². The van der Waals surface area contributed by atoms with Crippen LogP contribution in [0.15, 0.2) is 24.4 Å². The molecule has 2 aromatic rings. The SMILES string of the molecule is Clc1cccc(-n2cc(CN3CC(CC4CC4)C3)nn2)c1Cl. The van der Waals surface area contributed by atoms with Crippen LogP contribution in [0.1, 0.15) is 25.0 Å². The monoisotopic (exact) mass is 336 g/mol. The van der Waals surface area contributed by atoms with Crippen LogP contribution in [0.4, 0.5) is 0 Å². The molecule has 2 fully saturated rings. The molecule has 0 atom stereocenters. The average molecular weight is 337 g/mol. The first kappa shape index (κ1) is 14.5. The maximum atomic E-state index is 6.22. The Bertz CT molecular complexity index is 675. The summed E-state index contributed by atoms with van der Waals surface area (Å²) in [4.78, 5) is 2.43. The Morgan fingerprint density at radius 3 is 2.73 bits per heavy atom. The van der Waals surface area contributed by atoms with Crippen LogP contribution in [0.5, 0.6) is 0 Å². The van der Waals surface area contributed by atoms with E-state index in [4.69, 9.17) is 23.2 Å². The zero-order chi connectivity index (χ0) is 15.1. The van der Waals surface area contributed by atoms with Crippen molar-refractivity contribution in [1.29, 1.82) is 0 Å². The lowest BCUT2D eigenvalue weighted by atomic mass is 9.94. The van der Waals surface area contributed by atoms with Gasteiger partial charge in [0.2, 0.25) is 0 Å². The lowest BCUT2D eigenvalue weighted by molar-refractivity contribution is 0.0812. The Morgan fingerprint density at radius 2 is 1.95 bits per heavy atom. The van der Waals surface area contributed by atoms with E-state index < -0.39 is 0 Å². The predicted molar refractivity (Wildman–Crippen MR) is 87.5 cm³/mol. The number of nitrogens with zero attached hydrogens (tertiary/aromatic N) is 4. The molecule has 1 saturated carbocycles. The molecule has 1 aliphatic heterocycles. The van der Waals surface area contributed by atoms with E-state index in [1.807, 2.05) is 18.3 Å². The molecule has 1 aromatic heterocycles. The van der Waals surface area contributed by atoms with Crippen molar-refractivity contribution in [3.8, 4) is 5.69 Å². The van der Waals surface area contributed by atoms with Gasteiger partial charge in [-0.3, -0.25) is 4.90 Å². The van der Waals surface area contributed by atoms with Crippen LogP contribution in [-0.2, 0) is 6.54 Å². The van der Waals surface area contributed by atoms with E-state index in [-0.39, 0.29) is 0 Å². The van der Waals surface area contributed by atoms with Crippen molar-refractivity contribution in [2.75, 3.05) is 13.1 Å². The van der Waals surface area contributed by atoms with Gasteiger partial charge >= 0.3 is 0 Å². The van der Waals surface area contributed by atoms with Crippen molar-refractivity contribution in [3.63, 3.8) is 0 Å². The number of likely N-dealkylation sites (tertiary alicyclic amines) is 1. The van der Waals surface area contributed by atoms with E-state index in [1.54, 1.807) is 10.7 Å². The quantitative estimate of drug-likeness (QED) is 0.832. The fourth-order valence-electron chi connectivity index (χ4n) is 3.17. The van der Waals surface area contributed by atoms with Gasteiger partial charge in [-0.1, -0.05) is 47.3 Å². The maximum Gasteiger partial charge on any atom is 0.0971 e. The molecule has 4 nitrogen and oxygen atoms in total. The van der Waals surface area contributed by atoms with Gasteiger partial charge in [-0.05, 0) is 30.4 Å². The minimum absolute atomic E-state index is 0.508. The van der Waals surface area contributed by atoms with Crippen molar-refractivity contribution >= 4 is 23.2 Å². The van der Waals surface area contributed by atoms with Gasteiger partial charge in [-0.15, -0.1) is 5.10 Å². The molecule has 1 saturated heterocycles. The van der Waals surface area contributed by atoms with Crippen molar-refractivity contribution in [3.05, 3.63) is 40.1 Å². The highest BCUT2D eigenvalue weighted by atomic mass is 35.5. The van der Waals surface area contributed by atoms with E-state index in [9.17, 15) is 0 Å². The third-order valence-electron chi connectivity index (χ3n) is 4.50. The topological polar surface area (TPSA) is 34.0 Å². The largest absolute Gasteiger partial charge is 0.297 e. The predicted octanol–water partition coefficient (Wildman–Crippen LogP) is 3.81. The van der Waals surface area contributed by atoms with Crippen LogP contribution in [0.2, 0.25) is 10.0 Å². The molecule has 2 heterocycles. The molecule has 0 unspecified atom stereocenters. The molecular weight excluding hydrogens is 319 g/mol. The Hall–Kier alpha value is -1.10. The second-order valence-electron chi connectivity index (χ2n) is 6.47. The Kier molecular flexibility index (Phi) is 3.84. The Labute approximate surface area is 140 Å². The van der Waals surface area contributed by atoms with Gasteiger partial charge in [0.1, 0.15) is 0 Å². The number of rotatable bonds is 5. The standard InChI is InChI=1S/C16H18Cl2N4/c17-14-2-1-3-15(16(14)18)22-10-13(19-20-22)9-21-7-12(8-21)6-11-4-5-11/h1-3,10-12H,4-9H2. The number of aromatic nitrogens is 3. The summed E-state index contributed by atoms with van der Waals surface area (Å²) in [5.74, 6) is 1.92. The molecule has 2 aliphatic rings. The van der Waals surface area contributed by atoms with E-state index in [0.717, 1.165) is 29.8 Å². The smallest absolute Gasteiger partial charge is 0.0971 e. The van der Waals surface area contributed by atoms with E-state index in [1.165, 1.54) is 32.4 Å². The highest BCUT2D eigenvalue weighted by Crippen LogP contribution is 2.38. The van der Waals surface area contributed by atoms with Crippen LogP contribution in [-0.4, -0.2) is 33.0 Å². The molecule has 116 valence electrons. The summed E-state index contributed by atoms with van der Waals surface area (Å²) in [6.45, 7) is 3.25. The second-order valence-corrected chi connectivity index (χ2v) is 7.25. The van der Waals surface area contributed by atoms with Gasteiger partial charge in [0, 0.05) is 19.6 Å². The number of halogens is 2. The fraction of sp³-hybridized carbons (Fsp3) is 0.500. The van der Waals surface area contributed by atoms with Gasteiger partial charge in [0.25, 0.3) is 0 Å². The van der Waals surface area contributed by atoms with Crippen LogP contribution in [0.3, 0.4) is 0 Å². The number of benzene rings is 1. The van der Waals surface area contributed by atoms with Crippen LogP contribution in [0, 0.1) is 11.8 Å². The molecule has 6 heteroatoms. The summed E-state index contributed by atoms with van der Waals surface area (Å²) in [6, 6.07) is 5.52. The van der Waals surface area contributed by atoms with Crippen LogP contribution < -0.4 is 0 Å². The van der Waals surface area contributed by atoms with Gasteiger partial charge < -0.3 is 0 Å². The van der Waals surface area contributed by atoms with E-state index in [2.05, 4.69) is 15.2 Å². The van der Waals surface area contributed by atoms with Crippen LogP contribution in [0.25, 0.3) is 5.69 Å². The molecule has 4 rings (SSSR count). The van der Waals surface area contributed by atoms with Gasteiger partial charge in [-0.25, -0.2) is 4.68 Å². The molecule has 22 heavy (non-hydrogen) atoms. The lowest BCUT2D eigenvalue weighted by Gasteiger charge is -2.39. The second kappa shape index (κ2) is 5.84. The van der Waals surface area contributed by atoms with Crippen molar-refractivity contribution in [2.24, 2.45) is 11.8 Å². The van der Waals surface area contributed by atoms with Crippen molar-refractivity contribution < 1.29 is 0 Å². The maximum absolute atomic E-state index is 6.22. The van der Waals surface area contributed by atoms with Crippen molar-refractivity contribution in [2.45, 2.75) is 25.8 Å². The van der Waals surface area contributed by atoms with Crippen molar-refractivity contribution in [1.82, 2.24) is 19.9 Å². The fourth-order valence-corrected chi connectivity index (χ4v) is 3.55. The number of hydrogen-bond donors (Lipinski definition) is 0. The summed E-state index contributed by atoms with van der Waals surface area (Å²) >= 11 is 12.3. The number of hydrogen-bond acceptors (Lipinski definition) is 3. The lowest BCUT2D eigenvalue weighted by Crippen LogP contribution is -2.46. The molecule has 0 radical (unpaired) electrons. The molecule has 0 bridgehead atoms. The summed E-state index contributed by atoms with van der Waals surface area (Å²) in [6.07, 6.45) is 6.25. The minimum atomic E-state index is 0.508. The molecule has 0 N–H and O–H groups in total. The van der Waals surface area contributed by atoms with Crippen LogP contribution >= 0.6 is 23.2 Å². The summed E-state index contributed by atoms with van der Waals surface area (Å²) in [5.41, 5.74) is 1.74. The third kappa shape index (κ3) is 3.00. The van der Waals surface area contributed by atoms with E-state index in [0.29, 0.717) is 10.0 Å². The average Bonchev–Trinajstić information content (AvgIpc) is 3.16. The Balaban J connectivity index is 1.38. The first-order valence-electron chi connectivity index (χ1n) is 7.77. The first-order valence-corrected chi connectivity index (χ1v) is 8.52. The molecule has 0 spiro atoms. The minimum Gasteiger partial charge on any atom is -0.297 e. The molecule has 1 aromatic carbocycles. The molecule has 1 aliphatic carbocycles. The zero-order valence-corrected chi connectivity index (χ0v) is 13.8. The normalized spacial score (nSPS) is 19.4. The first-order chi connectivity index (χ1) is 10.7. The highest BCUT2D eigenvalue weighted by Gasteiger charge is 2.33. The third-order valence-corrected chi connectivity index (χ3v) is 5.31. The summed E-state index contributed by atoms with van der Waals surface area (Å²) < 4.78 is 1.70. The summed E-state index contributed by atoms with van der Waals surface area (Å²) in [7, 11) is 0. The van der Waals surface area contributed by atoms with Gasteiger partial charge in [-0.2, -0.15) is 0 Å². The summed E-state index contributed by atoms with van der Waals surface area (Å²) in [5, 5.41) is 9.47. The Morgan fingerprint density at radius 1 is 1.14 bits per heavy atom. The highest BCUT2D eigenvalue weighted by molar-refractivity contribution is 6.43.